The molecule has 0 aromatic heterocycles. The minimum absolute atomic E-state index is 0.264. The summed E-state index contributed by atoms with van der Waals surface area (Å²) in [5.41, 5.74) is 0. The van der Waals surface area contributed by atoms with E-state index in [2.05, 4.69) is 5.32 Å². The fraction of sp³-hybridized carbons (Fsp3) is 0.929. The van der Waals surface area contributed by atoms with Crippen molar-refractivity contribution < 1.29 is 13.2 Å². The topological polar surface area (TPSA) is 66.5 Å². The van der Waals surface area contributed by atoms with Crippen LogP contribution in [0.2, 0.25) is 0 Å². The van der Waals surface area contributed by atoms with Gasteiger partial charge in [0, 0.05) is 19.3 Å². The van der Waals surface area contributed by atoms with Crippen molar-refractivity contribution in [1.29, 1.82) is 0 Å². The Kier molecular flexibility index (Phi) is 6.01. The second-order valence-corrected chi connectivity index (χ2v) is 8.79. The number of piperidine rings is 1. The predicted molar refractivity (Wildman–Crippen MR) is 81.4 cm³/mol. The molecule has 20 heavy (non-hydrogen) atoms. The van der Waals surface area contributed by atoms with Gasteiger partial charge >= 0.3 is 0 Å². The summed E-state index contributed by atoms with van der Waals surface area (Å²) in [5.74, 6) is 0.211. The molecular formula is C14H28N2O3S. The maximum absolute atomic E-state index is 12.6. The van der Waals surface area contributed by atoms with E-state index in [0.29, 0.717) is 19.0 Å². The zero-order valence-electron chi connectivity index (χ0n) is 13.1. The number of nitrogens with one attached hydrogen (secondary N) is 1. The highest BCUT2D eigenvalue weighted by Gasteiger charge is 2.41. The van der Waals surface area contributed by atoms with Crippen molar-refractivity contribution in [2.45, 2.75) is 44.8 Å². The monoisotopic (exact) mass is 304 g/mol. The van der Waals surface area contributed by atoms with Gasteiger partial charge in [-0.05, 0) is 52.1 Å². The van der Waals surface area contributed by atoms with Gasteiger partial charge in [-0.15, -0.1) is 0 Å². The molecule has 0 radical (unpaired) electrons. The fourth-order valence-corrected chi connectivity index (χ4v) is 2.91. The van der Waals surface area contributed by atoms with Crippen molar-refractivity contribution in [3.63, 3.8) is 0 Å². The van der Waals surface area contributed by atoms with Crippen molar-refractivity contribution >= 4 is 15.7 Å². The second-order valence-electron chi connectivity index (χ2n) is 6.23. The highest BCUT2D eigenvalue weighted by molar-refractivity contribution is 7.92. The van der Waals surface area contributed by atoms with Crippen LogP contribution < -0.4 is 5.32 Å². The average molecular weight is 304 g/mol. The Labute approximate surface area is 123 Å². The molecule has 0 bridgehead atoms. The number of nitrogens with zero attached hydrogens (tertiary/aromatic N) is 1. The molecule has 1 aliphatic rings. The van der Waals surface area contributed by atoms with E-state index in [-0.39, 0.29) is 5.91 Å². The van der Waals surface area contributed by atoms with Crippen molar-refractivity contribution in [1.82, 2.24) is 10.2 Å². The van der Waals surface area contributed by atoms with Gasteiger partial charge in [0.2, 0.25) is 5.91 Å². The third-order valence-corrected chi connectivity index (χ3v) is 6.19. The summed E-state index contributed by atoms with van der Waals surface area (Å²) in [7, 11) is -3.41. The summed E-state index contributed by atoms with van der Waals surface area (Å²) in [5, 5.41) is 3.30. The van der Waals surface area contributed by atoms with E-state index >= 15 is 0 Å². The summed E-state index contributed by atoms with van der Waals surface area (Å²) >= 11 is 0. The van der Waals surface area contributed by atoms with Crippen LogP contribution >= 0.6 is 0 Å². The van der Waals surface area contributed by atoms with E-state index in [0.717, 1.165) is 38.6 Å². The van der Waals surface area contributed by atoms with E-state index in [1.54, 1.807) is 4.90 Å². The Morgan fingerprint density at radius 2 is 1.85 bits per heavy atom. The highest BCUT2D eigenvalue weighted by Crippen LogP contribution is 2.21. The molecule has 6 heteroatoms. The Morgan fingerprint density at radius 3 is 2.30 bits per heavy atom. The highest BCUT2D eigenvalue weighted by atomic mass is 32.2. The van der Waals surface area contributed by atoms with Crippen molar-refractivity contribution in [2.24, 2.45) is 5.92 Å². The van der Waals surface area contributed by atoms with Crippen molar-refractivity contribution in [3.05, 3.63) is 0 Å². The van der Waals surface area contributed by atoms with Crippen LogP contribution in [0.15, 0.2) is 0 Å². The molecule has 1 aliphatic heterocycles. The Bertz CT molecular complexity index is 426. The molecule has 0 aromatic rings. The maximum atomic E-state index is 12.6. The molecule has 118 valence electrons. The molecule has 0 atom stereocenters. The number of hydrogen-bond donors (Lipinski definition) is 1. The third-order valence-electron chi connectivity index (χ3n) is 4.16. The predicted octanol–water partition coefficient (Wildman–Crippen LogP) is 1.05. The molecular weight excluding hydrogens is 276 g/mol. The van der Waals surface area contributed by atoms with Gasteiger partial charge in [-0.1, -0.05) is 6.92 Å². The minimum atomic E-state index is -3.41. The first-order valence-corrected chi connectivity index (χ1v) is 9.29. The summed E-state index contributed by atoms with van der Waals surface area (Å²) in [4.78, 5) is 14.4. The lowest BCUT2D eigenvalue weighted by molar-refractivity contribution is -0.134. The Morgan fingerprint density at radius 1 is 1.30 bits per heavy atom. The zero-order chi connectivity index (χ0) is 15.4. The van der Waals surface area contributed by atoms with E-state index < -0.39 is 14.6 Å². The minimum Gasteiger partial charge on any atom is -0.341 e. The van der Waals surface area contributed by atoms with Crippen molar-refractivity contribution in [2.75, 3.05) is 32.4 Å². The van der Waals surface area contributed by atoms with Crippen LogP contribution in [0.4, 0.5) is 0 Å². The Balaban J connectivity index is 2.81. The van der Waals surface area contributed by atoms with Crippen LogP contribution in [0.3, 0.4) is 0 Å². The van der Waals surface area contributed by atoms with Crippen LogP contribution in [0, 0.1) is 5.92 Å². The van der Waals surface area contributed by atoms with Gasteiger partial charge in [0.05, 0.1) is 0 Å². The quantitative estimate of drug-likeness (QED) is 0.796. The molecule has 0 aliphatic carbocycles. The molecule has 1 rings (SSSR count). The number of rotatable bonds is 6. The summed E-state index contributed by atoms with van der Waals surface area (Å²) in [6.07, 6.45) is 4.08. The first kappa shape index (κ1) is 17.4. The number of hydrogen-bond acceptors (Lipinski definition) is 4. The van der Waals surface area contributed by atoms with E-state index in [4.69, 9.17) is 0 Å². The standard InChI is InChI=1S/C14H28N2O3S/c1-5-10-16(11-12-6-8-15-9-7-12)13(17)14(2,3)20(4,18)19/h12,15H,5-11H2,1-4H3. The van der Waals surface area contributed by atoms with Gasteiger partial charge in [-0.25, -0.2) is 8.42 Å². The lowest BCUT2D eigenvalue weighted by atomic mass is 9.97. The van der Waals surface area contributed by atoms with E-state index in [9.17, 15) is 13.2 Å². The molecule has 1 heterocycles. The molecule has 0 aromatic carbocycles. The van der Waals surface area contributed by atoms with Gasteiger partial charge < -0.3 is 10.2 Å². The van der Waals surface area contributed by atoms with Gasteiger partial charge in [0.15, 0.2) is 9.84 Å². The van der Waals surface area contributed by atoms with Gasteiger partial charge in [-0.2, -0.15) is 0 Å². The second kappa shape index (κ2) is 6.89. The van der Waals surface area contributed by atoms with E-state index in [1.165, 1.54) is 13.8 Å². The molecule has 0 saturated carbocycles. The van der Waals surface area contributed by atoms with Gasteiger partial charge in [-0.3, -0.25) is 4.79 Å². The molecule has 1 N–H and O–H groups in total. The smallest absolute Gasteiger partial charge is 0.243 e. The van der Waals surface area contributed by atoms with Crippen LogP contribution in [0.1, 0.15) is 40.0 Å². The summed E-state index contributed by atoms with van der Waals surface area (Å²) < 4.78 is 22.3. The normalized spacial score (nSPS) is 18.0. The number of carbonyl (C=O) groups is 1. The number of sulfone groups is 1. The summed E-state index contributed by atoms with van der Waals surface area (Å²) in [6, 6.07) is 0. The molecule has 0 spiro atoms. The molecule has 1 amide bonds. The van der Waals surface area contributed by atoms with Crippen LogP contribution in [0.5, 0.6) is 0 Å². The summed E-state index contributed by atoms with van der Waals surface area (Å²) in [6.45, 7) is 8.29. The van der Waals surface area contributed by atoms with Gasteiger partial charge in [0.1, 0.15) is 4.75 Å². The zero-order valence-corrected chi connectivity index (χ0v) is 13.9. The average Bonchev–Trinajstić information content (AvgIpc) is 2.37. The van der Waals surface area contributed by atoms with Crippen LogP contribution in [-0.2, 0) is 14.6 Å². The largest absolute Gasteiger partial charge is 0.341 e. The van der Waals surface area contributed by atoms with Crippen molar-refractivity contribution in [3.8, 4) is 0 Å². The van der Waals surface area contributed by atoms with Crippen LogP contribution in [-0.4, -0.2) is 56.4 Å². The van der Waals surface area contributed by atoms with Gasteiger partial charge in [0.25, 0.3) is 0 Å². The first-order chi connectivity index (χ1) is 9.20. The third kappa shape index (κ3) is 4.19. The number of carbonyl (C=O) groups excluding carboxylic acids is 1. The lowest BCUT2D eigenvalue weighted by Crippen LogP contribution is -2.51. The van der Waals surface area contributed by atoms with E-state index in [1.807, 2.05) is 6.92 Å². The van der Waals surface area contributed by atoms with Crippen LogP contribution in [0.25, 0.3) is 0 Å². The maximum Gasteiger partial charge on any atom is 0.243 e. The molecule has 1 saturated heterocycles. The molecule has 0 unspecified atom stereocenters. The fourth-order valence-electron chi connectivity index (χ4n) is 2.46. The first-order valence-electron chi connectivity index (χ1n) is 7.39. The molecule has 1 fully saturated rings. The number of amides is 1. The molecule has 5 nitrogen and oxygen atoms in total. The Hall–Kier alpha value is -0.620. The SMILES string of the molecule is CCCN(CC1CCNCC1)C(=O)C(C)(C)S(C)(=O)=O. The lowest BCUT2D eigenvalue weighted by Gasteiger charge is -2.34.